The zero-order chi connectivity index (χ0) is 23.3. The topological polar surface area (TPSA) is 29.0 Å². The van der Waals surface area contributed by atoms with Gasteiger partial charge in [0.2, 0.25) is 0 Å². The molecular weight excluding hydrogens is 374 g/mol. The number of nitrogens with zero attached hydrogens (tertiary/aromatic N) is 3. The van der Waals surface area contributed by atoms with Crippen LogP contribution in [0.1, 0.15) is 107 Å². The minimum absolute atomic E-state index is 0.0203. The average molecular weight is 426 g/mol. The van der Waals surface area contributed by atoms with E-state index in [1.165, 1.54) is 6.42 Å². The van der Waals surface area contributed by atoms with Crippen LogP contribution in [-0.2, 0) is 5.41 Å². The maximum Gasteiger partial charge on any atom is 0.147 e. The first-order valence-corrected chi connectivity index (χ1v) is 12.4. The molecule has 4 heteroatoms. The number of anilines is 1. The van der Waals surface area contributed by atoms with Gasteiger partial charge in [-0.1, -0.05) is 82.6 Å². The van der Waals surface area contributed by atoms with E-state index >= 15 is 0 Å². The summed E-state index contributed by atoms with van der Waals surface area (Å²) in [4.78, 5) is 12.2. The predicted octanol–water partition coefficient (Wildman–Crippen LogP) is 7.72. The predicted molar refractivity (Wildman–Crippen MR) is 137 cm³/mol. The van der Waals surface area contributed by atoms with E-state index in [0.717, 1.165) is 48.9 Å². The van der Waals surface area contributed by atoms with Crippen LogP contribution < -0.4 is 4.90 Å². The largest absolute Gasteiger partial charge is 0.355 e. The van der Waals surface area contributed by atoms with Crippen molar-refractivity contribution in [2.75, 3.05) is 23.7 Å². The lowest BCUT2D eigenvalue weighted by Gasteiger charge is -2.35. The van der Waals surface area contributed by atoms with Crippen molar-refractivity contribution in [3.05, 3.63) is 17.6 Å². The molecule has 0 amide bonds. The van der Waals surface area contributed by atoms with Crippen molar-refractivity contribution in [2.24, 2.45) is 11.3 Å². The second-order valence-corrected chi connectivity index (χ2v) is 9.32. The van der Waals surface area contributed by atoms with Crippen LogP contribution >= 0.6 is 12.6 Å². The number of rotatable bonds is 10. The second kappa shape index (κ2) is 15.1. The molecule has 0 fully saturated rings. The van der Waals surface area contributed by atoms with Crippen molar-refractivity contribution < 1.29 is 0 Å². The van der Waals surface area contributed by atoms with E-state index in [1.807, 2.05) is 33.9 Å². The molecule has 3 nitrogen and oxygen atoms in total. The number of hydrogen-bond acceptors (Lipinski definition) is 4. The summed E-state index contributed by atoms with van der Waals surface area (Å²) in [5, 5.41) is 0. The third-order valence-corrected chi connectivity index (χ3v) is 5.83. The minimum Gasteiger partial charge on any atom is -0.355 e. The molecule has 0 saturated carbocycles. The van der Waals surface area contributed by atoms with Gasteiger partial charge in [0.05, 0.1) is 17.6 Å². The number of aryl methyl sites for hydroxylation is 1. The fraction of sp³-hybridized carbons (Fsp3) is 0.840. The molecule has 1 aromatic rings. The van der Waals surface area contributed by atoms with Crippen LogP contribution in [0.5, 0.6) is 0 Å². The lowest BCUT2D eigenvalue weighted by Crippen LogP contribution is -2.33. The van der Waals surface area contributed by atoms with E-state index in [9.17, 15) is 0 Å². The molecular formula is C25H51N3S. The molecule has 0 aliphatic rings. The van der Waals surface area contributed by atoms with Gasteiger partial charge in [-0.05, 0) is 36.9 Å². The highest BCUT2D eigenvalue weighted by Gasteiger charge is 2.32. The van der Waals surface area contributed by atoms with Gasteiger partial charge in [0.15, 0.2) is 0 Å². The van der Waals surface area contributed by atoms with Gasteiger partial charge in [-0.3, -0.25) is 4.98 Å². The van der Waals surface area contributed by atoms with Gasteiger partial charge in [0.25, 0.3) is 0 Å². The van der Waals surface area contributed by atoms with Gasteiger partial charge in [0.1, 0.15) is 5.82 Å². The molecule has 0 bridgehead atoms. The molecule has 0 aromatic carbocycles. The van der Waals surface area contributed by atoms with Gasteiger partial charge in [-0.2, -0.15) is 12.6 Å². The summed E-state index contributed by atoms with van der Waals surface area (Å²) < 4.78 is 0. The molecule has 0 aliphatic heterocycles. The van der Waals surface area contributed by atoms with E-state index in [-0.39, 0.29) is 10.8 Å². The van der Waals surface area contributed by atoms with Crippen LogP contribution in [-0.4, -0.2) is 28.8 Å². The highest BCUT2D eigenvalue weighted by molar-refractivity contribution is 7.80. The van der Waals surface area contributed by atoms with Crippen LogP contribution in [0.25, 0.3) is 0 Å². The Morgan fingerprint density at radius 2 is 1.62 bits per heavy atom. The highest BCUT2D eigenvalue weighted by atomic mass is 32.1. The zero-order valence-corrected chi connectivity index (χ0v) is 22.6. The van der Waals surface area contributed by atoms with Crippen molar-refractivity contribution in [3.63, 3.8) is 0 Å². The zero-order valence-electron chi connectivity index (χ0n) is 21.7. The Hall–Kier alpha value is -0.770. The number of aromatic nitrogens is 2. The van der Waals surface area contributed by atoms with Crippen LogP contribution in [0.3, 0.4) is 0 Å². The molecule has 29 heavy (non-hydrogen) atoms. The molecule has 1 heterocycles. The maximum atomic E-state index is 5.11. The lowest BCUT2D eigenvalue weighted by atomic mass is 9.73. The van der Waals surface area contributed by atoms with E-state index in [4.69, 9.17) is 9.97 Å². The Balaban J connectivity index is 0. The number of hydrogen-bond donors (Lipinski definition) is 1. The summed E-state index contributed by atoms with van der Waals surface area (Å²) in [6, 6.07) is 0. The maximum absolute atomic E-state index is 5.11. The van der Waals surface area contributed by atoms with Gasteiger partial charge < -0.3 is 4.90 Å². The summed E-state index contributed by atoms with van der Waals surface area (Å²) in [6.07, 6.45) is 5.31. The van der Waals surface area contributed by atoms with Crippen molar-refractivity contribution in [3.8, 4) is 0 Å². The third kappa shape index (κ3) is 10.7. The normalized spacial score (nSPS) is 12.3. The molecule has 1 rings (SSSR count). The minimum atomic E-state index is -0.0203. The summed E-state index contributed by atoms with van der Waals surface area (Å²) >= 11 is 4.54. The second-order valence-electron chi connectivity index (χ2n) is 9.00. The summed E-state index contributed by atoms with van der Waals surface area (Å²) in [5.41, 5.74) is 2.33. The molecule has 0 saturated heterocycles. The molecule has 0 N–H and O–H groups in total. The van der Waals surface area contributed by atoms with Crippen molar-refractivity contribution in [1.82, 2.24) is 9.97 Å². The van der Waals surface area contributed by atoms with E-state index < -0.39 is 0 Å². The first kappa shape index (κ1) is 30.4. The third-order valence-electron chi connectivity index (χ3n) is 4.98. The van der Waals surface area contributed by atoms with E-state index in [2.05, 4.69) is 72.9 Å². The summed E-state index contributed by atoms with van der Waals surface area (Å²) in [5.74, 6) is 2.56. The van der Waals surface area contributed by atoms with E-state index in [0.29, 0.717) is 5.92 Å². The Labute approximate surface area is 188 Å². The summed E-state index contributed by atoms with van der Waals surface area (Å²) in [7, 11) is 0. The van der Waals surface area contributed by atoms with Crippen molar-refractivity contribution in [1.29, 1.82) is 0 Å². The fourth-order valence-corrected chi connectivity index (χ4v) is 3.76. The van der Waals surface area contributed by atoms with Crippen LogP contribution in [0.2, 0.25) is 0 Å². The lowest BCUT2D eigenvalue weighted by molar-refractivity contribution is 0.285. The molecule has 1 unspecified atom stereocenters. The van der Waals surface area contributed by atoms with Gasteiger partial charge in [0, 0.05) is 18.5 Å². The van der Waals surface area contributed by atoms with Crippen LogP contribution in [0, 0.1) is 18.3 Å². The highest BCUT2D eigenvalue weighted by Crippen LogP contribution is 2.37. The van der Waals surface area contributed by atoms with Gasteiger partial charge >= 0.3 is 0 Å². The van der Waals surface area contributed by atoms with Crippen LogP contribution in [0.15, 0.2) is 6.20 Å². The Morgan fingerprint density at radius 3 is 2.07 bits per heavy atom. The smallest absolute Gasteiger partial charge is 0.147 e. The van der Waals surface area contributed by atoms with Crippen molar-refractivity contribution >= 4 is 18.4 Å². The number of thiol groups is 1. The quantitative estimate of drug-likeness (QED) is 0.389. The first-order chi connectivity index (χ1) is 13.6. The Kier molecular flexibility index (Phi) is 15.8. The molecule has 0 spiro atoms. The Bertz CT molecular complexity index is 541. The monoisotopic (exact) mass is 425 g/mol. The molecule has 0 radical (unpaired) electrons. The first-order valence-electron chi connectivity index (χ1n) is 11.8. The van der Waals surface area contributed by atoms with Gasteiger partial charge in [-0.25, -0.2) is 4.98 Å². The molecule has 0 aliphatic carbocycles. The molecule has 172 valence electrons. The fourth-order valence-electron chi connectivity index (χ4n) is 3.64. The summed E-state index contributed by atoms with van der Waals surface area (Å²) in [6.45, 7) is 28.1. The standard InChI is InChI=1S/C21H39N3S.2C2H6/c1-9-11-24(13-16(3)10-2)18-12-22-17(4)19(23-18)21(7,8)14-20(5,6)15-25;2*1-2/h12,16,25H,9-11,13-15H2,1-8H3;2*1-2H3. The average Bonchev–Trinajstić information content (AvgIpc) is 2.70. The van der Waals surface area contributed by atoms with Gasteiger partial charge in [-0.15, -0.1) is 0 Å². The molecule has 1 atom stereocenters. The van der Waals surface area contributed by atoms with Crippen molar-refractivity contribution in [2.45, 2.75) is 108 Å². The SMILES string of the molecule is CC.CC.CCCN(CC(C)CC)c1cnc(C)c(C(C)(C)CC(C)(C)CS)n1. The molecule has 1 aromatic heterocycles. The van der Waals surface area contributed by atoms with E-state index in [1.54, 1.807) is 0 Å². The Morgan fingerprint density at radius 1 is 1.07 bits per heavy atom. The van der Waals surface area contributed by atoms with Crippen LogP contribution in [0.4, 0.5) is 5.82 Å².